The number of hydrogen-bond donors (Lipinski definition) is 3. The summed E-state index contributed by atoms with van der Waals surface area (Å²) in [4.78, 5) is 9.54. The molecule has 0 radical (unpaired) electrons. The van der Waals surface area contributed by atoms with E-state index in [9.17, 15) is 12.8 Å². The van der Waals surface area contributed by atoms with Crippen molar-refractivity contribution in [2.45, 2.75) is 37.0 Å². The predicted octanol–water partition coefficient (Wildman–Crippen LogP) is 6.93. The highest BCUT2D eigenvalue weighted by Gasteiger charge is 2.24. The lowest BCUT2D eigenvalue weighted by Gasteiger charge is -2.28. The molecule has 3 aromatic carbocycles. The van der Waals surface area contributed by atoms with E-state index in [-0.39, 0.29) is 26.7 Å². The van der Waals surface area contributed by atoms with E-state index in [1.807, 2.05) is 24.3 Å². The molecule has 11 heteroatoms. The summed E-state index contributed by atoms with van der Waals surface area (Å²) in [7, 11) is -3.68. The van der Waals surface area contributed by atoms with Crippen molar-refractivity contribution in [2.24, 2.45) is 11.8 Å². The van der Waals surface area contributed by atoms with Gasteiger partial charge in [0.15, 0.2) is 0 Å². The lowest BCUT2D eigenvalue weighted by atomic mass is 9.82. The van der Waals surface area contributed by atoms with E-state index in [0.29, 0.717) is 25.0 Å². The van der Waals surface area contributed by atoms with Gasteiger partial charge in [-0.1, -0.05) is 47.5 Å². The number of anilines is 2. The normalized spacial score (nSPS) is 17.4. The van der Waals surface area contributed by atoms with E-state index in [1.54, 1.807) is 12.1 Å². The number of sulfonamides is 1. The molecule has 0 saturated heterocycles. The van der Waals surface area contributed by atoms with E-state index in [2.05, 4.69) is 15.4 Å². The molecule has 1 saturated carbocycles. The molecule has 4 aromatic rings. The Labute approximate surface area is 249 Å². The van der Waals surface area contributed by atoms with E-state index in [1.165, 1.54) is 30.3 Å². The van der Waals surface area contributed by atoms with Crippen molar-refractivity contribution in [1.29, 1.82) is 0 Å². The Bertz CT molecular complexity index is 1580. The molecular formula is C30H32Cl2FN5O2S. The van der Waals surface area contributed by atoms with Crippen LogP contribution in [0.15, 0.2) is 71.6 Å². The number of hydrogen-bond acceptors (Lipinski definition) is 6. The maximum absolute atomic E-state index is 13.2. The van der Waals surface area contributed by atoms with Crippen molar-refractivity contribution in [1.82, 2.24) is 14.7 Å². The molecule has 0 amide bonds. The molecule has 1 aliphatic carbocycles. The molecule has 1 aromatic heterocycles. The van der Waals surface area contributed by atoms with Crippen molar-refractivity contribution in [2.75, 3.05) is 30.3 Å². The Hall–Kier alpha value is -2.98. The number of para-hydroxylation sites is 1. The average Bonchev–Trinajstić information content (AvgIpc) is 2.96. The van der Waals surface area contributed by atoms with Gasteiger partial charge >= 0.3 is 0 Å². The zero-order valence-electron chi connectivity index (χ0n) is 22.4. The van der Waals surface area contributed by atoms with Gasteiger partial charge in [-0.15, -0.1) is 0 Å². The minimum Gasteiger partial charge on any atom is -0.369 e. The molecule has 1 aliphatic rings. The van der Waals surface area contributed by atoms with E-state index in [4.69, 9.17) is 33.2 Å². The number of fused-ring (bicyclic) bond motifs is 1. The van der Waals surface area contributed by atoms with Crippen LogP contribution in [0.5, 0.6) is 0 Å². The molecule has 3 N–H and O–H groups in total. The lowest BCUT2D eigenvalue weighted by Crippen LogP contribution is -2.32. The SMILES string of the molecule is O=S(=O)(NCC1CCC(CNc2nc(NCCc3ccc(F)cc3)c3ccccc3n2)CC1)c1cc(Cl)cc(Cl)c1. The van der Waals surface area contributed by atoms with Gasteiger partial charge in [0.1, 0.15) is 11.6 Å². The minimum absolute atomic E-state index is 0.0765. The van der Waals surface area contributed by atoms with Gasteiger partial charge in [0, 0.05) is 35.1 Å². The smallest absolute Gasteiger partial charge is 0.240 e. The fraction of sp³-hybridized carbons (Fsp3) is 0.333. The first-order valence-corrected chi connectivity index (χ1v) is 15.9. The molecular weight excluding hydrogens is 584 g/mol. The number of nitrogens with one attached hydrogen (secondary N) is 3. The zero-order valence-corrected chi connectivity index (χ0v) is 24.7. The molecule has 1 heterocycles. The summed E-state index contributed by atoms with van der Waals surface area (Å²) in [6.45, 7) is 1.78. The maximum Gasteiger partial charge on any atom is 0.240 e. The molecule has 5 rings (SSSR count). The Morgan fingerprint density at radius 1 is 0.829 bits per heavy atom. The zero-order chi connectivity index (χ0) is 28.8. The van der Waals surface area contributed by atoms with E-state index < -0.39 is 10.0 Å². The van der Waals surface area contributed by atoms with Crippen LogP contribution >= 0.6 is 23.2 Å². The van der Waals surface area contributed by atoms with E-state index >= 15 is 0 Å². The van der Waals surface area contributed by atoms with Crippen LogP contribution in [0, 0.1) is 17.7 Å². The second-order valence-corrected chi connectivity index (χ2v) is 13.1. The highest BCUT2D eigenvalue weighted by Crippen LogP contribution is 2.30. The molecule has 7 nitrogen and oxygen atoms in total. The summed E-state index contributed by atoms with van der Waals surface area (Å²) in [5.74, 6) is 1.81. The fourth-order valence-electron chi connectivity index (χ4n) is 5.14. The standard InChI is InChI=1S/C30H32Cl2FN5O2S/c31-23-15-24(32)17-26(16-23)41(39,40)36-19-22-7-5-21(6-8-22)18-35-30-37-28-4-2-1-3-27(28)29(38-30)34-14-13-20-9-11-25(33)12-10-20/h1-4,9-12,15-17,21-22,36H,5-8,13-14,18-19H2,(H2,34,35,37,38). The van der Waals surface area contributed by atoms with Gasteiger partial charge in [0.2, 0.25) is 16.0 Å². The van der Waals surface area contributed by atoms with E-state index in [0.717, 1.165) is 60.9 Å². The minimum atomic E-state index is -3.68. The van der Waals surface area contributed by atoms with Gasteiger partial charge in [-0.3, -0.25) is 0 Å². The maximum atomic E-state index is 13.2. The number of nitrogens with zero attached hydrogens (tertiary/aromatic N) is 2. The quantitative estimate of drug-likeness (QED) is 0.169. The third-order valence-electron chi connectivity index (χ3n) is 7.45. The predicted molar refractivity (Wildman–Crippen MR) is 164 cm³/mol. The van der Waals surface area contributed by atoms with Gasteiger partial charge in [0.25, 0.3) is 0 Å². The highest BCUT2D eigenvalue weighted by atomic mass is 35.5. The third kappa shape index (κ3) is 8.07. The van der Waals surface area contributed by atoms with Crippen LogP contribution in [0.2, 0.25) is 10.0 Å². The first-order valence-electron chi connectivity index (χ1n) is 13.7. The van der Waals surface area contributed by atoms with Gasteiger partial charge in [-0.25, -0.2) is 22.5 Å². The van der Waals surface area contributed by atoms with Crippen LogP contribution in [-0.2, 0) is 16.4 Å². The number of rotatable bonds is 11. The van der Waals surface area contributed by atoms with Crippen LogP contribution < -0.4 is 15.4 Å². The fourth-order valence-corrected chi connectivity index (χ4v) is 6.98. The van der Waals surface area contributed by atoms with Crippen molar-refractivity contribution in [3.05, 3.63) is 88.2 Å². The first-order chi connectivity index (χ1) is 19.7. The summed E-state index contributed by atoms with van der Waals surface area (Å²) in [5.41, 5.74) is 1.90. The van der Waals surface area contributed by atoms with Gasteiger partial charge < -0.3 is 10.6 Å². The van der Waals surface area contributed by atoms with Crippen LogP contribution in [0.25, 0.3) is 10.9 Å². The van der Waals surface area contributed by atoms with Crippen molar-refractivity contribution in [3.63, 3.8) is 0 Å². The molecule has 0 bridgehead atoms. The third-order valence-corrected chi connectivity index (χ3v) is 9.29. The topological polar surface area (TPSA) is 96.0 Å². The molecule has 0 spiro atoms. The Morgan fingerprint density at radius 3 is 2.20 bits per heavy atom. The van der Waals surface area contributed by atoms with Crippen molar-refractivity contribution >= 4 is 55.9 Å². The summed E-state index contributed by atoms with van der Waals surface area (Å²) < 4.78 is 41.3. The summed E-state index contributed by atoms with van der Waals surface area (Å²) in [6.07, 6.45) is 4.57. The lowest BCUT2D eigenvalue weighted by molar-refractivity contribution is 0.284. The second-order valence-electron chi connectivity index (χ2n) is 10.4. The molecule has 1 fully saturated rings. The first kappa shape index (κ1) is 29.5. The van der Waals surface area contributed by atoms with Gasteiger partial charge in [0.05, 0.1) is 10.4 Å². The van der Waals surface area contributed by atoms with Crippen LogP contribution in [0.1, 0.15) is 31.2 Å². The number of aromatic nitrogens is 2. The summed E-state index contributed by atoms with van der Waals surface area (Å²) >= 11 is 12.0. The summed E-state index contributed by atoms with van der Waals surface area (Å²) in [5, 5.41) is 8.36. The second kappa shape index (κ2) is 13.3. The van der Waals surface area contributed by atoms with Crippen LogP contribution in [-0.4, -0.2) is 38.0 Å². The van der Waals surface area contributed by atoms with Crippen molar-refractivity contribution in [3.8, 4) is 0 Å². The van der Waals surface area contributed by atoms with Crippen LogP contribution in [0.3, 0.4) is 0 Å². The molecule has 0 atom stereocenters. The summed E-state index contributed by atoms with van der Waals surface area (Å²) in [6, 6.07) is 18.7. The Balaban J connectivity index is 1.12. The largest absolute Gasteiger partial charge is 0.369 e. The van der Waals surface area contributed by atoms with Crippen LogP contribution in [0.4, 0.5) is 16.2 Å². The molecule has 41 heavy (non-hydrogen) atoms. The number of halogens is 3. The monoisotopic (exact) mass is 615 g/mol. The molecule has 216 valence electrons. The Kier molecular flexibility index (Phi) is 9.60. The Morgan fingerprint density at radius 2 is 1.49 bits per heavy atom. The molecule has 0 unspecified atom stereocenters. The van der Waals surface area contributed by atoms with Crippen molar-refractivity contribution < 1.29 is 12.8 Å². The van der Waals surface area contributed by atoms with Gasteiger partial charge in [-0.2, -0.15) is 4.98 Å². The highest BCUT2D eigenvalue weighted by molar-refractivity contribution is 7.89. The number of benzene rings is 3. The van der Waals surface area contributed by atoms with Gasteiger partial charge in [-0.05, 0) is 92.0 Å². The molecule has 0 aliphatic heterocycles. The average molecular weight is 617 g/mol.